The first-order chi connectivity index (χ1) is 10.2. The fourth-order valence-corrected chi connectivity index (χ4v) is 2.94. The number of ether oxygens (including phenoxy) is 3. The van der Waals surface area contributed by atoms with E-state index in [0.717, 1.165) is 25.1 Å². The highest BCUT2D eigenvalue weighted by Crippen LogP contribution is 2.35. The van der Waals surface area contributed by atoms with Crippen molar-refractivity contribution in [3.63, 3.8) is 0 Å². The van der Waals surface area contributed by atoms with Crippen LogP contribution < -0.4 is 9.47 Å². The summed E-state index contributed by atoms with van der Waals surface area (Å²) in [6.07, 6.45) is 0.866. The van der Waals surface area contributed by atoms with Crippen molar-refractivity contribution in [3.05, 3.63) is 23.8 Å². The Morgan fingerprint density at radius 3 is 2.67 bits per heavy atom. The molecular formula is C16H25NO4. The van der Waals surface area contributed by atoms with Gasteiger partial charge in [0.25, 0.3) is 0 Å². The highest BCUT2D eigenvalue weighted by Gasteiger charge is 2.33. The zero-order valence-electron chi connectivity index (χ0n) is 13.0. The molecule has 0 radical (unpaired) electrons. The molecule has 0 aromatic heterocycles. The topological polar surface area (TPSA) is 51.2 Å². The Balaban J connectivity index is 2.33. The molecule has 1 saturated heterocycles. The maximum absolute atomic E-state index is 9.63. The first-order valence-corrected chi connectivity index (χ1v) is 7.43. The molecule has 1 aliphatic heterocycles. The second-order valence-electron chi connectivity index (χ2n) is 5.19. The number of hydrogen-bond acceptors (Lipinski definition) is 5. The lowest BCUT2D eigenvalue weighted by Gasteiger charge is -2.41. The van der Waals surface area contributed by atoms with Crippen molar-refractivity contribution in [3.8, 4) is 11.5 Å². The lowest BCUT2D eigenvalue weighted by Crippen LogP contribution is -2.47. The molecule has 0 amide bonds. The summed E-state index contributed by atoms with van der Waals surface area (Å²) < 4.78 is 16.4. The fraction of sp³-hybridized carbons (Fsp3) is 0.625. The van der Waals surface area contributed by atoms with E-state index in [2.05, 4.69) is 11.8 Å². The second-order valence-corrected chi connectivity index (χ2v) is 5.19. The van der Waals surface area contributed by atoms with Gasteiger partial charge in [-0.15, -0.1) is 0 Å². The van der Waals surface area contributed by atoms with Gasteiger partial charge in [0, 0.05) is 6.54 Å². The van der Waals surface area contributed by atoms with Crippen LogP contribution in [-0.4, -0.2) is 56.6 Å². The number of benzene rings is 1. The maximum atomic E-state index is 9.63. The standard InChI is InChI=1S/C16H25NO4/c1-4-7-17-8-9-21-15(11-18)16(17)12-5-6-13(19-2)14(10-12)20-3/h5-6,10,15-16,18H,4,7-9,11H2,1-3H3/t15-,16-/m1/s1. The minimum Gasteiger partial charge on any atom is -0.493 e. The van der Waals surface area contributed by atoms with Gasteiger partial charge >= 0.3 is 0 Å². The van der Waals surface area contributed by atoms with Gasteiger partial charge in [0.05, 0.1) is 33.5 Å². The Morgan fingerprint density at radius 1 is 1.29 bits per heavy atom. The van der Waals surface area contributed by atoms with Crippen LogP contribution in [0.25, 0.3) is 0 Å². The first-order valence-electron chi connectivity index (χ1n) is 7.43. The molecule has 5 heteroatoms. The predicted molar refractivity (Wildman–Crippen MR) is 81.0 cm³/mol. The van der Waals surface area contributed by atoms with Gasteiger partial charge in [-0.05, 0) is 30.7 Å². The van der Waals surface area contributed by atoms with Gasteiger partial charge < -0.3 is 19.3 Å². The molecule has 5 nitrogen and oxygen atoms in total. The van der Waals surface area contributed by atoms with Crippen LogP contribution in [0.4, 0.5) is 0 Å². The third-order valence-electron chi connectivity index (χ3n) is 3.90. The number of aliphatic hydroxyl groups is 1. The molecule has 0 aliphatic carbocycles. The third kappa shape index (κ3) is 3.48. The van der Waals surface area contributed by atoms with Gasteiger partial charge in [0.15, 0.2) is 11.5 Å². The van der Waals surface area contributed by atoms with Crippen LogP contribution in [0.1, 0.15) is 24.9 Å². The smallest absolute Gasteiger partial charge is 0.161 e. The Labute approximate surface area is 126 Å². The SMILES string of the molecule is CCCN1CCO[C@H](CO)[C@H]1c1ccc(OC)c(OC)c1. The lowest BCUT2D eigenvalue weighted by atomic mass is 9.97. The minimum absolute atomic E-state index is 0.0131. The van der Waals surface area contributed by atoms with Crippen molar-refractivity contribution in [2.75, 3.05) is 40.5 Å². The molecular weight excluding hydrogens is 270 g/mol. The van der Waals surface area contributed by atoms with E-state index in [1.54, 1.807) is 14.2 Å². The highest BCUT2D eigenvalue weighted by atomic mass is 16.5. The molecule has 0 bridgehead atoms. The lowest BCUT2D eigenvalue weighted by molar-refractivity contribution is -0.0930. The number of aliphatic hydroxyl groups excluding tert-OH is 1. The number of morpholine rings is 1. The largest absolute Gasteiger partial charge is 0.493 e. The van der Waals surface area contributed by atoms with Crippen LogP contribution in [0, 0.1) is 0 Å². The summed E-state index contributed by atoms with van der Waals surface area (Å²) >= 11 is 0. The Bertz CT molecular complexity index is 450. The van der Waals surface area contributed by atoms with E-state index in [-0.39, 0.29) is 18.8 Å². The van der Waals surface area contributed by atoms with Gasteiger partial charge in [0.1, 0.15) is 6.10 Å². The summed E-state index contributed by atoms with van der Waals surface area (Å²) in [5, 5.41) is 9.63. The molecule has 1 aromatic rings. The number of nitrogens with zero attached hydrogens (tertiary/aromatic N) is 1. The van der Waals surface area contributed by atoms with Gasteiger partial charge in [-0.25, -0.2) is 0 Å². The van der Waals surface area contributed by atoms with Crippen LogP contribution in [-0.2, 0) is 4.74 Å². The molecule has 0 unspecified atom stereocenters. The van der Waals surface area contributed by atoms with Gasteiger partial charge in [0.2, 0.25) is 0 Å². The zero-order chi connectivity index (χ0) is 15.2. The molecule has 0 saturated carbocycles. The Hall–Kier alpha value is -1.30. The van der Waals surface area contributed by atoms with E-state index < -0.39 is 0 Å². The van der Waals surface area contributed by atoms with E-state index in [1.807, 2.05) is 18.2 Å². The molecule has 2 atom stereocenters. The van der Waals surface area contributed by atoms with Crippen LogP contribution in [0.5, 0.6) is 11.5 Å². The number of rotatable bonds is 6. The van der Waals surface area contributed by atoms with E-state index in [1.165, 1.54) is 0 Å². The van der Waals surface area contributed by atoms with Crippen molar-refractivity contribution in [2.45, 2.75) is 25.5 Å². The predicted octanol–water partition coefficient (Wildman–Crippen LogP) is 1.85. The van der Waals surface area contributed by atoms with Gasteiger partial charge in [-0.3, -0.25) is 4.90 Å². The summed E-state index contributed by atoms with van der Waals surface area (Å²) in [7, 11) is 3.26. The average molecular weight is 295 g/mol. The maximum Gasteiger partial charge on any atom is 0.161 e. The summed E-state index contributed by atoms with van der Waals surface area (Å²) in [4.78, 5) is 2.37. The molecule has 1 fully saturated rings. The van der Waals surface area contributed by atoms with E-state index in [9.17, 15) is 5.11 Å². The van der Waals surface area contributed by atoms with E-state index in [4.69, 9.17) is 14.2 Å². The summed E-state index contributed by atoms with van der Waals surface area (Å²) in [6.45, 7) is 4.70. The normalized spacial score (nSPS) is 23.0. The van der Waals surface area contributed by atoms with Crippen molar-refractivity contribution < 1.29 is 19.3 Å². The van der Waals surface area contributed by atoms with E-state index in [0.29, 0.717) is 18.1 Å². The Kier molecular flexibility index (Phi) is 5.85. The second kappa shape index (κ2) is 7.64. The summed E-state index contributed by atoms with van der Waals surface area (Å²) in [6, 6.07) is 5.94. The zero-order valence-corrected chi connectivity index (χ0v) is 13.0. The van der Waals surface area contributed by atoms with Gasteiger partial charge in [-0.2, -0.15) is 0 Å². The quantitative estimate of drug-likeness (QED) is 0.868. The monoisotopic (exact) mass is 295 g/mol. The van der Waals surface area contributed by atoms with Crippen LogP contribution >= 0.6 is 0 Å². The molecule has 1 aliphatic rings. The molecule has 0 spiro atoms. The van der Waals surface area contributed by atoms with Crippen molar-refractivity contribution in [1.29, 1.82) is 0 Å². The van der Waals surface area contributed by atoms with Crippen molar-refractivity contribution in [1.82, 2.24) is 4.90 Å². The van der Waals surface area contributed by atoms with E-state index >= 15 is 0 Å². The number of hydrogen-bond donors (Lipinski definition) is 1. The van der Waals surface area contributed by atoms with Crippen LogP contribution in [0.3, 0.4) is 0 Å². The summed E-state index contributed by atoms with van der Waals surface area (Å²) in [5.41, 5.74) is 1.08. The van der Waals surface area contributed by atoms with Crippen molar-refractivity contribution >= 4 is 0 Å². The molecule has 1 heterocycles. The van der Waals surface area contributed by atoms with Crippen LogP contribution in [0.15, 0.2) is 18.2 Å². The Morgan fingerprint density at radius 2 is 2.05 bits per heavy atom. The van der Waals surface area contributed by atoms with Crippen molar-refractivity contribution in [2.24, 2.45) is 0 Å². The average Bonchev–Trinajstić information content (AvgIpc) is 2.54. The molecule has 1 N–H and O–H groups in total. The van der Waals surface area contributed by atoms with Gasteiger partial charge in [-0.1, -0.05) is 13.0 Å². The molecule has 1 aromatic carbocycles. The molecule has 21 heavy (non-hydrogen) atoms. The summed E-state index contributed by atoms with van der Waals surface area (Å²) in [5.74, 6) is 1.41. The fourth-order valence-electron chi connectivity index (χ4n) is 2.94. The molecule has 2 rings (SSSR count). The minimum atomic E-state index is -0.205. The first kappa shape index (κ1) is 16.1. The molecule has 118 valence electrons. The van der Waals surface area contributed by atoms with Crippen LogP contribution in [0.2, 0.25) is 0 Å². The number of methoxy groups -OCH3 is 2. The highest BCUT2D eigenvalue weighted by molar-refractivity contribution is 5.44. The third-order valence-corrected chi connectivity index (χ3v) is 3.90.